The average Bonchev–Trinajstić information content (AvgIpc) is 2.48. The zero-order valence-corrected chi connectivity index (χ0v) is 12.8. The standard InChI is InChI=1S/C16H15BrN2O/c1-2-20-14-6-3-12(4-7-14)11-19-16-8-5-13(10-18)9-15(16)17/h3-9,19H,2,11H2,1H3. The van der Waals surface area contributed by atoms with Gasteiger partial charge in [-0.05, 0) is 58.7 Å². The molecule has 0 radical (unpaired) electrons. The largest absolute Gasteiger partial charge is 0.494 e. The maximum absolute atomic E-state index is 8.83. The third-order valence-corrected chi connectivity index (χ3v) is 3.47. The molecule has 0 heterocycles. The Morgan fingerprint density at radius 1 is 1.20 bits per heavy atom. The summed E-state index contributed by atoms with van der Waals surface area (Å²) in [7, 11) is 0. The molecule has 2 rings (SSSR count). The molecule has 0 aliphatic heterocycles. The van der Waals surface area contributed by atoms with Gasteiger partial charge in [0.05, 0.1) is 18.2 Å². The van der Waals surface area contributed by atoms with Gasteiger partial charge in [0, 0.05) is 16.7 Å². The minimum absolute atomic E-state index is 0.642. The predicted molar refractivity (Wildman–Crippen MR) is 83.8 cm³/mol. The van der Waals surface area contributed by atoms with E-state index in [0.717, 1.165) is 22.5 Å². The maximum Gasteiger partial charge on any atom is 0.119 e. The molecular formula is C16H15BrN2O. The van der Waals surface area contributed by atoms with E-state index >= 15 is 0 Å². The van der Waals surface area contributed by atoms with Gasteiger partial charge < -0.3 is 10.1 Å². The molecule has 0 amide bonds. The van der Waals surface area contributed by atoms with E-state index in [2.05, 4.69) is 27.3 Å². The number of anilines is 1. The molecule has 3 nitrogen and oxygen atoms in total. The van der Waals surface area contributed by atoms with Crippen molar-refractivity contribution in [3.05, 3.63) is 58.1 Å². The summed E-state index contributed by atoms with van der Waals surface area (Å²) in [6.07, 6.45) is 0. The Hall–Kier alpha value is -1.99. The second-order valence-electron chi connectivity index (χ2n) is 4.24. The van der Waals surface area contributed by atoms with Crippen LogP contribution in [0.15, 0.2) is 46.9 Å². The highest BCUT2D eigenvalue weighted by Crippen LogP contribution is 2.24. The number of hydrogen-bond acceptors (Lipinski definition) is 3. The lowest BCUT2D eigenvalue weighted by Gasteiger charge is -2.09. The van der Waals surface area contributed by atoms with Gasteiger partial charge in [-0.15, -0.1) is 0 Å². The lowest BCUT2D eigenvalue weighted by Crippen LogP contribution is -2.00. The van der Waals surface area contributed by atoms with Crippen molar-refractivity contribution in [1.29, 1.82) is 5.26 Å². The lowest BCUT2D eigenvalue weighted by molar-refractivity contribution is 0.340. The van der Waals surface area contributed by atoms with Gasteiger partial charge in [0.15, 0.2) is 0 Å². The van der Waals surface area contributed by atoms with Crippen molar-refractivity contribution in [2.75, 3.05) is 11.9 Å². The van der Waals surface area contributed by atoms with Gasteiger partial charge in [-0.25, -0.2) is 0 Å². The monoisotopic (exact) mass is 330 g/mol. The highest BCUT2D eigenvalue weighted by Gasteiger charge is 2.01. The van der Waals surface area contributed by atoms with Crippen molar-refractivity contribution >= 4 is 21.6 Å². The van der Waals surface area contributed by atoms with Crippen molar-refractivity contribution in [1.82, 2.24) is 0 Å². The number of benzene rings is 2. The van der Waals surface area contributed by atoms with Crippen LogP contribution in [0.1, 0.15) is 18.1 Å². The fourth-order valence-corrected chi connectivity index (χ4v) is 2.31. The van der Waals surface area contributed by atoms with Crippen molar-refractivity contribution in [3.8, 4) is 11.8 Å². The quantitative estimate of drug-likeness (QED) is 0.887. The highest BCUT2D eigenvalue weighted by atomic mass is 79.9. The average molecular weight is 331 g/mol. The number of rotatable bonds is 5. The fraction of sp³-hybridized carbons (Fsp3) is 0.188. The first-order valence-corrected chi connectivity index (χ1v) is 7.17. The predicted octanol–water partition coefficient (Wildman–Crippen LogP) is 4.33. The number of ether oxygens (including phenoxy) is 1. The Bertz CT molecular complexity index is 617. The minimum Gasteiger partial charge on any atom is -0.494 e. The van der Waals surface area contributed by atoms with E-state index in [1.807, 2.05) is 37.3 Å². The Kier molecular flexibility index (Phi) is 5.03. The molecule has 2 aromatic carbocycles. The molecule has 0 aliphatic rings. The third kappa shape index (κ3) is 3.75. The first-order valence-electron chi connectivity index (χ1n) is 6.38. The molecule has 0 bridgehead atoms. The summed E-state index contributed by atoms with van der Waals surface area (Å²) < 4.78 is 6.30. The number of nitriles is 1. The second-order valence-corrected chi connectivity index (χ2v) is 5.09. The van der Waals surface area contributed by atoms with Crippen LogP contribution >= 0.6 is 15.9 Å². The molecule has 0 spiro atoms. The highest BCUT2D eigenvalue weighted by molar-refractivity contribution is 9.10. The van der Waals surface area contributed by atoms with Gasteiger partial charge >= 0.3 is 0 Å². The third-order valence-electron chi connectivity index (χ3n) is 2.82. The normalized spacial score (nSPS) is 9.85. The van der Waals surface area contributed by atoms with Gasteiger partial charge in [-0.1, -0.05) is 12.1 Å². The SMILES string of the molecule is CCOc1ccc(CNc2ccc(C#N)cc2Br)cc1. The molecule has 0 fully saturated rings. The van der Waals surface area contributed by atoms with Crippen LogP contribution < -0.4 is 10.1 Å². The van der Waals surface area contributed by atoms with Crippen molar-refractivity contribution in [3.63, 3.8) is 0 Å². The van der Waals surface area contributed by atoms with Gasteiger partial charge in [0.1, 0.15) is 5.75 Å². The molecular weight excluding hydrogens is 316 g/mol. The van der Waals surface area contributed by atoms with Crippen LogP contribution in [-0.4, -0.2) is 6.61 Å². The van der Waals surface area contributed by atoms with Crippen molar-refractivity contribution < 1.29 is 4.74 Å². The molecule has 0 saturated heterocycles. The Labute approximate surface area is 127 Å². The van der Waals surface area contributed by atoms with Crippen LogP contribution in [0.3, 0.4) is 0 Å². The first-order chi connectivity index (χ1) is 9.72. The number of nitrogens with zero attached hydrogens (tertiary/aromatic N) is 1. The van der Waals surface area contributed by atoms with Gasteiger partial charge in [0.2, 0.25) is 0 Å². The van der Waals surface area contributed by atoms with Crippen LogP contribution in [0, 0.1) is 11.3 Å². The molecule has 0 aromatic heterocycles. The smallest absolute Gasteiger partial charge is 0.119 e. The van der Waals surface area contributed by atoms with E-state index in [-0.39, 0.29) is 0 Å². The van der Waals surface area contributed by atoms with Crippen LogP contribution in [-0.2, 0) is 6.54 Å². The number of halogens is 1. The molecule has 4 heteroatoms. The Morgan fingerprint density at radius 2 is 1.95 bits per heavy atom. The molecule has 0 saturated carbocycles. The Morgan fingerprint density at radius 3 is 2.55 bits per heavy atom. The van der Waals surface area contributed by atoms with Gasteiger partial charge in [-0.2, -0.15) is 5.26 Å². The van der Waals surface area contributed by atoms with E-state index < -0.39 is 0 Å². The molecule has 20 heavy (non-hydrogen) atoms. The number of hydrogen-bond donors (Lipinski definition) is 1. The zero-order chi connectivity index (χ0) is 14.4. The summed E-state index contributed by atoms with van der Waals surface area (Å²) in [4.78, 5) is 0. The maximum atomic E-state index is 8.83. The molecule has 0 atom stereocenters. The summed E-state index contributed by atoms with van der Waals surface area (Å²) >= 11 is 3.46. The van der Waals surface area contributed by atoms with E-state index in [0.29, 0.717) is 12.2 Å². The fourth-order valence-electron chi connectivity index (χ4n) is 1.80. The number of nitrogens with one attached hydrogen (secondary N) is 1. The summed E-state index contributed by atoms with van der Waals surface area (Å²) in [5.41, 5.74) is 2.78. The van der Waals surface area contributed by atoms with Gasteiger partial charge in [0.25, 0.3) is 0 Å². The molecule has 0 unspecified atom stereocenters. The summed E-state index contributed by atoms with van der Waals surface area (Å²) in [5.74, 6) is 0.885. The van der Waals surface area contributed by atoms with Crippen molar-refractivity contribution in [2.45, 2.75) is 13.5 Å². The van der Waals surface area contributed by atoms with Crippen LogP contribution in [0.25, 0.3) is 0 Å². The first kappa shape index (κ1) is 14.4. The second kappa shape index (κ2) is 6.97. The Balaban J connectivity index is 2.00. The van der Waals surface area contributed by atoms with Crippen molar-refractivity contribution in [2.24, 2.45) is 0 Å². The summed E-state index contributed by atoms with van der Waals surface area (Å²) in [6.45, 7) is 3.37. The molecule has 102 valence electrons. The van der Waals surface area contributed by atoms with Gasteiger partial charge in [-0.3, -0.25) is 0 Å². The van der Waals surface area contributed by atoms with Crippen LogP contribution in [0.2, 0.25) is 0 Å². The van der Waals surface area contributed by atoms with Crippen LogP contribution in [0.5, 0.6) is 5.75 Å². The molecule has 2 aromatic rings. The molecule has 0 aliphatic carbocycles. The van der Waals surface area contributed by atoms with E-state index in [1.165, 1.54) is 5.56 Å². The summed E-state index contributed by atoms with van der Waals surface area (Å²) in [5, 5.41) is 12.2. The van der Waals surface area contributed by atoms with E-state index in [4.69, 9.17) is 10.00 Å². The minimum atomic E-state index is 0.642. The summed E-state index contributed by atoms with van der Waals surface area (Å²) in [6, 6.07) is 15.6. The van der Waals surface area contributed by atoms with E-state index in [9.17, 15) is 0 Å². The topological polar surface area (TPSA) is 45.0 Å². The molecule has 1 N–H and O–H groups in total. The lowest BCUT2D eigenvalue weighted by atomic mass is 10.2. The van der Waals surface area contributed by atoms with Crippen LogP contribution in [0.4, 0.5) is 5.69 Å². The van der Waals surface area contributed by atoms with E-state index in [1.54, 1.807) is 12.1 Å². The zero-order valence-electron chi connectivity index (χ0n) is 11.2.